The van der Waals surface area contributed by atoms with Crippen LogP contribution in [0, 0.1) is 0 Å². The van der Waals surface area contributed by atoms with E-state index in [2.05, 4.69) is 15.2 Å². The Hall–Kier alpha value is -2.60. The molecule has 104 valence electrons. The highest BCUT2D eigenvalue weighted by atomic mass is 32.1. The van der Waals surface area contributed by atoms with Gasteiger partial charge >= 0.3 is 5.97 Å². The Morgan fingerprint density at radius 3 is 3.00 bits per heavy atom. The molecule has 0 unspecified atom stereocenters. The van der Waals surface area contributed by atoms with E-state index in [-0.39, 0.29) is 5.97 Å². The summed E-state index contributed by atoms with van der Waals surface area (Å²) in [5.41, 5.74) is 4.28. The molecule has 0 spiro atoms. The molecule has 4 rings (SSSR count). The van der Waals surface area contributed by atoms with E-state index >= 15 is 0 Å². The Morgan fingerprint density at radius 2 is 2.14 bits per heavy atom. The molecule has 0 aliphatic rings. The topological polar surface area (TPSA) is 70.8 Å². The van der Waals surface area contributed by atoms with E-state index in [9.17, 15) is 4.79 Å². The zero-order valence-corrected chi connectivity index (χ0v) is 12.0. The van der Waals surface area contributed by atoms with Crippen LogP contribution in [0.2, 0.25) is 0 Å². The normalized spacial score (nSPS) is 11.3. The first kappa shape index (κ1) is 12.2. The predicted molar refractivity (Wildman–Crippen MR) is 82.6 cm³/mol. The number of esters is 1. The van der Waals surface area contributed by atoms with Crippen molar-refractivity contribution in [2.24, 2.45) is 0 Å². The van der Waals surface area contributed by atoms with Crippen molar-refractivity contribution in [3.8, 4) is 11.4 Å². The summed E-state index contributed by atoms with van der Waals surface area (Å²) in [6.45, 7) is 0. The molecule has 0 amide bonds. The van der Waals surface area contributed by atoms with Gasteiger partial charge in [0.15, 0.2) is 0 Å². The number of hydrogen-bond donors (Lipinski definition) is 2. The predicted octanol–water partition coefficient (Wildman–Crippen LogP) is 3.56. The highest BCUT2D eigenvalue weighted by Gasteiger charge is 2.13. The van der Waals surface area contributed by atoms with Gasteiger partial charge in [-0.25, -0.2) is 4.79 Å². The van der Waals surface area contributed by atoms with Crippen LogP contribution in [0.15, 0.2) is 35.7 Å². The number of fused-ring (bicyclic) bond motifs is 2. The second kappa shape index (κ2) is 4.46. The molecule has 21 heavy (non-hydrogen) atoms. The molecule has 6 heteroatoms. The van der Waals surface area contributed by atoms with Gasteiger partial charge in [0.2, 0.25) is 0 Å². The van der Waals surface area contributed by atoms with Gasteiger partial charge in [0.1, 0.15) is 5.69 Å². The van der Waals surface area contributed by atoms with Gasteiger partial charge in [0.05, 0.1) is 28.6 Å². The first-order chi connectivity index (χ1) is 10.3. The molecule has 3 aromatic heterocycles. The minimum atomic E-state index is -0.339. The highest BCUT2D eigenvalue weighted by Crippen LogP contribution is 2.31. The Bertz CT molecular complexity index is 964. The van der Waals surface area contributed by atoms with Crippen molar-refractivity contribution < 1.29 is 9.53 Å². The van der Waals surface area contributed by atoms with E-state index in [1.165, 1.54) is 7.11 Å². The van der Waals surface area contributed by atoms with E-state index in [0.717, 1.165) is 32.5 Å². The van der Waals surface area contributed by atoms with Crippen LogP contribution in [0.3, 0.4) is 0 Å². The first-order valence-corrected chi connectivity index (χ1v) is 7.27. The van der Waals surface area contributed by atoms with Gasteiger partial charge in [-0.05, 0) is 29.6 Å². The summed E-state index contributed by atoms with van der Waals surface area (Å²) in [7, 11) is 1.38. The number of rotatable bonds is 2. The molecule has 0 bridgehead atoms. The lowest BCUT2D eigenvalue weighted by molar-refractivity contribution is 0.0601. The maximum absolute atomic E-state index is 11.6. The van der Waals surface area contributed by atoms with E-state index in [0.29, 0.717) is 5.56 Å². The van der Waals surface area contributed by atoms with Crippen molar-refractivity contribution >= 4 is 38.4 Å². The second-order valence-electron chi connectivity index (χ2n) is 4.71. The lowest BCUT2D eigenvalue weighted by Crippen LogP contribution is -2.00. The van der Waals surface area contributed by atoms with Gasteiger partial charge in [-0.15, -0.1) is 11.3 Å². The molecule has 0 atom stereocenters. The van der Waals surface area contributed by atoms with Crippen molar-refractivity contribution in [3.63, 3.8) is 0 Å². The molecule has 0 aliphatic heterocycles. The third-order valence-electron chi connectivity index (χ3n) is 3.47. The Balaban J connectivity index is 1.87. The number of thiophene rings is 1. The molecule has 3 heterocycles. The van der Waals surface area contributed by atoms with Crippen LogP contribution < -0.4 is 0 Å². The van der Waals surface area contributed by atoms with Crippen LogP contribution >= 0.6 is 11.3 Å². The molecule has 0 aliphatic carbocycles. The van der Waals surface area contributed by atoms with E-state index in [4.69, 9.17) is 4.74 Å². The monoisotopic (exact) mass is 297 g/mol. The average Bonchev–Trinajstić information content (AvgIpc) is 3.19. The van der Waals surface area contributed by atoms with Crippen LogP contribution in [-0.2, 0) is 4.74 Å². The number of methoxy groups -OCH3 is 1. The van der Waals surface area contributed by atoms with Crippen molar-refractivity contribution in [1.82, 2.24) is 15.2 Å². The molecule has 0 fully saturated rings. The minimum absolute atomic E-state index is 0.339. The van der Waals surface area contributed by atoms with E-state index in [1.54, 1.807) is 23.5 Å². The summed E-state index contributed by atoms with van der Waals surface area (Å²) in [4.78, 5) is 14.9. The highest BCUT2D eigenvalue weighted by molar-refractivity contribution is 7.17. The second-order valence-corrected chi connectivity index (χ2v) is 5.63. The Kier molecular flexibility index (Phi) is 2.58. The third kappa shape index (κ3) is 1.84. The Labute approximate surface area is 123 Å². The van der Waals surface area contributed by atoms with Gasteiger partial charge < -0.3 is 9.72 Å². The molecule has 0 radical (unpaired) electrons. The number of hydrogen-bond acceptors (Lipinski definition) is 4. The number of nitrogens with one attached hydrogen (secondary N) is 2. The smallest absolute Gasteiger partial charge is 0.337 e. The summed E-state index contributed by atoms with van der Waals surface area (Å²) in [6, 6.07) is 9.50. The number of carbonyl (C=O) groups is 1. The summed E-state index contributed by atoms with van der Waals surface area (Å²) >= 11 is 1.65. The lowest BCUT2D eigenvalue weighted by Gasteiger charge is -1.98. The van der Waals surface area contributed by atoms with Gasteiger partial charge in [-0.2, -0.15) is 5.10 Å². The Morgan fingerprint density at radius 1 is 1.24 bits per heavy atom. The van der Waals surface area contributed by atoms with Crippen LogP contribution in [0.5, 0.6) is 0 Å². The largest absolute Gasteiger partial charge is 0.465 e. The van der Waals surface area contributed by atoms with Crippen LogP contribution in [0.25, 0.3) is 32.5 Å². The zero-order chi connectivity index (χ0) is 14.4. The lowest BCUT2D eigenvalue weighted by atomic mass is 10.1. The number of aromatic nitrogens is 3. The summed E-state index contributed by atoms with van der Waals surface area (Å²) in [5.74, 6) is -0.339. The van der Waals surface area contributed by atoms with Crippen molar-refractivity contribution in [1.29, 1.82) is 0 Å². The first-order valence-electron chi connectivity index (χ1n) is 6.39. The summed E-state index contributed by atoms with van der Waals surface area (Å²) < 4.78 is 5.86. The summed E-state index contributed by atoms with van der Waals surface area (Å²) in [5, 5.41) is 10.4. The fourth-order valence-electron chi connectivity index (χ4n) is 2.43. The number of nitrogens with zero attached hydrogens (tertiary/aromatic N) is 1. The van der Waals surface area contributed by atoms with Crippen LogP contribution in [0.1, 0.15) is 10.4 Å². The number of ether oxygens (including phenoxy) is 1. The molecule has 0 saturated carbocycles. The van der Waals surface area contributed by atoms with Gasteiger partial charge in [0.25, 0.3) is 0 Å². The number of benzene rings is 1. The van der Waals surface area contributed by atoms with Gasteiger partial charge in [-0.3, -0.25) is 5.10 Å². The molecule has 5 nitrogen and oxygen atoms in total. The third-order valence-corrected chi connectivity index (χ3v) is 4.39. The average molecular weight is 297 g/mol. The minimum Gasteiger partial charge on any atom is -0.465 e. The zero-order valence-electron chi connectivity index (χ0n) is 11.1. The molecular formula is C15H11N3O2S. The number of H-pyrrole nitrogens is 2. The van der Waals surface area contributed by atoms with Crippen molar-refractivity contribution in [2.75, 3.05) is 7.11 Å². The molecule has 2 N–H and O–H groups in total. The van der Waals surface area contributed by atoms with Crippen LogP contribution in [0.4, 0.5) is 0 Å². The van der Waals surface area contributed by atoms with Gasteiger partial charge in [0, 0.05) is 10.9 Å². The number of aromatic amines is 2. The fourth-order valence-corrected chi connectivity index (χ4v) is 3.28. The summed E-state index contributed by atoms with van der Waals surface area (Å²) in [6.07, 6.45) is 0. The van der Waals surface area contributed by atoms with Crippen LogP contribution in [-0.4, -0.2) is 28.3 Å². The quantitative estimate of drug-likeness (QED) is 0.556. The van der Waals surface area contributed by atoms with E-state index < -0.39 is 0 Å². The van der Waals surface area contributed by atoms with Crippen molar-refractivity contribution in [3.05, 3.63) is 41.3 Å². The maximum Gasteiger partial charge on any atom is 0.337 e. The fraction of sp³-hybridized carbons (Fsp3) is 0.0667. The molecule has 4 aromatic rings. The molecule has 0 saturated heterocycles. The van der Waals surface area contributed by atoms with E-state index in [1.807, 2.05) is 23.6 Å². The SMILES string of the molecule is COC(=O)c1ccc2cc(-c3n[nH]c4ccsc34)[nH]c2c1. The number of carbonyl (C=O) groups excluding carboxylic acids is 1. The van der Waals surface area contributed by atoms with Crippen molar-refractivity contribution in [2.45, 2.75) is 0 Å². The molecular weight excluding hydrogens is 286 g/mol. The molecule has 1 aromatic carbocycles. The van der Waals surface area contributed by atoms with Gasteiger partial charge in [-0.1, -0.05) is 6.07 Å². The maximum atomic E-state index is 11.6. The standard InChI is InChI=1S/C15H11N3O2S/c1-20-15(19)9-3-2-8-6-12(16-11(8)7-9)13-14-10(17-18-13)4-5-21-14/h2-7,16H,1H3,(H,17,18).